The minimum absolute atomic E-state index is 0.0720. The Hall–Kier alpha value is -2.88. The topological polar surface area (TPSA) is 86.8 Å². The van der Waals surface area contributed by atoms with Crippen LogP contribution in [0.15, 0.2) is 83.3 Å². The third kappa shape index (κ3) is 10.1. The number of rotatable bonds is 13. The van der Waals surface area contributed by atoms with Crippen LogP contribution in [0.25, 0.3) is 0 Å². The molecule has 3 aromatic rings. The van der Waals surface area contributed by atoms with Crippen molar-refractivity contribution in [2.75, 3.05) is 17.1 Å². The van der Waals surface area contributed by atoms with Crippen LogP contribution >= 0.6 is 27.5 Å². The zero-order valence-electron chi connectivity index (χ0n) is 24.4. The van der Waals surface area contributed by atoms with Crippen molar-refractivity contribution in [2.24, 2.45) is 0 Å². The van der Waals surface area contributed by atoms with Crippen LogP contribution < -0.4 is 9.62 Å². The molecule has 0 aliphatic heterocycles. The van der Waals surface area contributed by atoms with Gasteiger partial charge in [0.05, 0.1) is 11.9 Å². The second kappa shape index (κ2) is 15.7. The van der Waals surface area contributed by atoms with Crippen molar-refractivity contribution >= 4 is 55.1 Å². The van der Waals surface area contributed by atoms with Gasteiger partial charge in [-0.15, -0.1) is 0 Å². The monoisotopic (exact) mass is 687 g/mol. The Labute approximate surface area is 268 Å². The van der Waals surface area contributed by atoms with Crippen molar-refractivity contribution in [1.82, 2.24) is 10.2 Å². The van der Waals surface area contributed by atoms with Crippen molar-refractivity contribution < 1.29 is 18.0 Å². The molecule has 1 N–H and O–H groups in total. The van der Waals surface area contributed by atoms with Crippen LogP contribution in [0.5, 0.6) is 0 Å². The summed E-state index contributed by atoms with van der Waals surface area (Å²) < 4.78 is 27.4. The van der Waals surface area contributed by atoms with E-state index < -0.39 is 16.1 Å². The average molecular weight is 689 g/mol. The quantitative estimate of drug-likeness (QED) is 0.216. The van der Waals surface area contributed by atoms with Gasteiger partial charge in [-0.2, -0.15) is 0 Å². The maximum Gasteiger partial charge on any atom is 0.243 e. The summed E-state index contributed by atoms with van der Waals surface area (Å²) in [5.74, 6) is -0.366. The molecular weight excluding hydrogens is 650 g/mol. The molecule has 2 amide bonds. The van der Waals surface area contributed by atoms with Crippen LogP contribution in [0.3, 0.4) is 0 Å². The van der Waals surface area contributed by atoms with Gasteiger partial charge >= 0.3 is 0 Å². The van der Waals surface area contributed by atoms with Crippen molar-refractivity contribution in [3.8, 4) is 0 Å². The molecule has 3 aromatic carbocycles. The molecule has 0 aromatic heterocycles. The first-order valence-electron chi connectivity index (χ1n) is 14.7. The molecule has 1 saturated carbocycles. The van der Waals surface area contributed by atoms with E-state index in [0.29, 0.717) is 17.1 Å². The van der Waals surface area contributed by atoms with Crippen LogP contribution in [-0.4, -0.2) is 50.0 Å². The summed E-state index contributed by atoms with van der Waals surface area (Å²) in [7, 11) is -3.61. The van der Waals surface area contributed by atoms with Crippen LogP contribution in [0, 0.1) is 0 Å². The number of nitrogens with zero attached hydrogens (tertiary/aromatic N) is 2. The molecule has 0 spiro atoms. The van der Waals surface area contributed by atoms with Gasteiger partial charge in [0, 0.05) is 41.5 Å². The Morgan fingerprint density at radius 3 is 2.33 bits per heavy atom. The van der Waals surface area contributed by atoms with Crippen molar-refractivity contribution in [1.29, 1.82) is 0 Å². The number of nitrogens with one attached hydrogen (secondary N) is 1. The molecule has 1 unspecified atom stereocenters. The fraction of sp³-hybridized carbons (Fsp3) is 0.394. The smallest absolute Gasteiger partial charge is 0.243 e. The van der Waals surface area contributed by atoms with E-state index in [4.69, 9.17) is 11.6 Å². The van der Waals surface area contributed by atoms with E-state index in [1.165, 1.54) is 10.7 Å². The highest BCUT2D eigenvalue weighted by Crippen LogP contribution is 2.24. The van der Waals surface area contributed by atoms with Gasteiger partial charge in [0.15, 0.2) is 0 Å². The van der Waals surface area contributed by atoms with Gasteiger partial charge < -0.3 is 10.2 Å². The summed E-state index contributed by atoms with van der Waals surface area (Å²) >= 11 is 9.65. The first kappa shape index (κ1) is 33.0. The van der Waals surface area contributed by atoms with Gasteiger partial charge in [0.2, 0.25) is 21.8 Å². The lowest BCUT2D eigenvalue weighted by Gasteiger charge is -2.34. The highest BCUT2D eigenvalue weighted by atomic mass is 79.9. The summed E-state index contributed by atoms with van der Waals surface area (Å²) in [6, 6.07) is 23.5. The minimum Gasteiger partial charge on any atom is -0.352 e. The van der Waals surface area contributed by atoms with Gasteiger partial charge in [0.1, 0.15) is 6.04 Å². The fourth-order valence-electron chi connectivity index (χ4n) is 5.57. The number of sulfonamides is 1. The van der Waals surface area contributed by atoms with Crippen LogP contribution in [-0.2, 0) is 32.6 Å². The summed E-state index contributed by atoms with van der Waals surface area (Å²) in [6.07, 6.45) is 7.07. The molecule has 0 heterocycles. The number of anilines is 1. The molecule has 7 nitrogen and oxygen atoms in total. The van der Waals surface area contributed by atoms with Crippen LogP contribution in [0.4, 0.5) is 5.69 Å². The van der Waals surface area contributed by atoms with E-state index in [1.54, 1.807) is 29.2 Å². The Kier molecular flexibility index (Phi) is 12.1. The lowest BCUT2D eigenvalue weighted by molar-refractivity contribution is -0.141. The third-order valence-electron chi connectivity index (χ3n) is 7.71. The summed E-state index contributed by atoms with van der Waals surface area (Å²) in [5, 5.41) is 3.68. The first-order chi connectivity index (χ1) is 20.6. The van der Waals surface area contributed by atoms with E-state index in [0.717, 1.165) is 47.5 Å². The van der Waals surface area contributed by atoms with Crippen LogP contribution in [0.2, 0.25) is 5.02 Å². The summed E-state index contributed by atoms with van der Waals surface area (Å²) in [6.45, 7) is 0.352. The Balaban J connectivity index is 1.59. The van der Waals surface area contributed by atoms with Crippen molar-refractivity contribution in [2.45, 2.75) is 70.0 Å². The molecule has 1 aliphatic carbocycles. The third-order valence-corrected chi connectivity index (χ3v) is 9.64. The largest absolute Gasteiger partial charge is 0.352 e. The second-order valence-electron chi connectivity index (χ2n) is 11.1. The number of benzene rings is 3. The lowest BCUT2D eigenvalue weighted by Crippen LogP contribution is -2.52. The van der Waals surface area contributed by atoms with E-state index in [9.17, 15) is 18.0 Å². The summed E-state index contributed by atoms with van der Waals surface area (Å²) in [5.41, 5.74) is 2.30. The number of hydrogen-bond donors (Lipinski definition) is 1. The standard InChI is InChI=1S/C33H39BrClN3O4S/c1-43(41,42)38(30-18-9-15-28(35)23-30)20-10-19-32(39)37(24-26-13-8-14-27(34)21-26)31(22-25-11-4-2-5-12-25)33(40)36-29-16-6-3-7-17-29/h2,4-5,8-9,11-15,18,21,23,29,31H,3,6-7,10,16-17,19-20,22,24H2,1H3,(H,36,40). The Morgan fingerprint density at radius 1 is 0.953 bits per heavy atom. The second-order valence-corrected chi connectivity index (χ2v) is 14.4. The van der Waals surface area contributed by atoms with Gasteiger partial charge in [-0.25, -0.2) is 8.42 Å². The minimum atomic E-state index is -3.61. The molecule has 0 saturated heterocycles. The number of halogens is 2. The van der Waals surface area contributed by atoms with E-state index in [2.05, 4.69) is 21.2 Å². The Bertz CT molecular complexity index is 1480. The molecule has 1 aliphatic rings. The van der Waals surface area contributed by atoms with E-state index in [1.807, 2.05) is 54.6 Å². The molecule has 43 heavy (non-hydrogen) atoms. The molecule has 1 atom stereocenters. The highest BCUT2D eigenvalue weighted by Gasteiger charge is 2.32. The molecule has 0 radical (unpaired) electrons. The Morgan fingerprint density at radius 2 is 1.65 bits per heavy atom. The predicted molar refractivity (Wildman–Crippen MR) is 177 cm³/mol. The van der Waals surface area contributed by atoms with Gasteiger partial charge in [-0.3, -0.25) is 13.9 Å². The molecule has 0 bridgehead atoms. The summed E-state index contributed by atoms with van der Waals surface area (Å²) in [4.78, 5) is 29.6. The maximum atomic E-state index is 14.0. The highest BCUT2D eigenvalue weighted by molar-refractivity contribution is 9.10. The van der Waals surface area contributed by atoms with Gasteiger partial charge in [-0.05, 0) is 60.7 Å². The fourth-order valence-corrected chi connectivity index (χ4v) is 7.15. The number of amides is 2. The van der Waals surface area contributed by atoms with Gasteiger partial charge in [-0.1, -0.05) is 95.3 Å². The van der Waals surface area contributed by atoms with E-state index >= 15 is 0 Å². The normalized spacial score (nSPS) is 14.6. The maximum absolute atomic E-state index is 14.0. The lowest BCUT2D eigenvalue weighted by atomic mass is 9.94. The predicted octanol–water partition coefficient (Wildman–Crippen LogP) is 6.74. The number of carbonyl (C=O) groups excluding carboxylic acids is 2. The zero-order chi connectivity index (χ0) is 30.8. The molecular formula is C33H39BrClN3O4S. The molecule has 10 heteroatoms. The molecule has 230 valence electrons. The van der Waals surface area contributed by atoms with Crippen LogP contribution in [0.1, 0.15) is 56.1 Å². The van der Waals surface area contributed by atoms with Crippen molar-refractivity contribution in [3.05, 3.63) is 99.5 Å². The number of carbonyl (C=O) groups is 2. The average Bonchev–Trinajstić information content (AvgIpc) is 2.97. The van der Waals surface area contributed by atoms with Crippen molar-refractivity contribution in [3.63, 3.8) is 0 Å². The SMILES string of the molecule is CS(=O)(=O)N(CCCC(=O)N(Cc1cccc(Br)c1)C(Cc1ccccc1)C(=O)NC1CCCCC1)c1cccc(Cl)c1. The van der Waals surface area contributed by atoms with E-state index in [-0.39, 0.29) is 43.8 Å². The zero-order valence-corrected chi connectivity index (χ0v) is 27.6. The molecule has 4 rings (SSSR count). The van der Waals surface area contributed by atoms with Gasteiger partial charge in [0.25, 0.3) is 0 Å². The number of hydrogen-bond acceptors (Lipinski definition) is 4. The first-order valence-corrected chi connectivity index (χ1v) is 17.7. The molecule has 1 fully saturated rings.